The molecule has 0 atom stereocenters. The molecule has 5 nitrogen and oxygen atoms in total. The average Bonchev–Trinajstić information content (AvgIpc) is 2.64. The van der Waals surface area contributed by atoms with Crippen molar-refractivity contribution < 1.29 is 23.0 Å². The van der Waals surface area contributed by atoms with Crippen LogP contribution < -0.4 is 14.2 Å². The van der Waals surface area contributed by atoms with Gasteiger partial charge < -0.3 is 14.2 Å². The molecule has 0 fully saturated rings. The summed E-state index contributed by atoms with van der Waals surface area (Å²) in [6.45, 7) is 0.0417. The van der Waals surface area contributed by atoms with Crippen LogP contribution in [0, 0.1) is 11.6 Å². The minimum atomic E-state index is -1.09. The molecule has 0 spiro atoms. The molecule has 0 saturated heterocycles. The van der Waals surface area contributed by atoms with Gasteiger partial charge in [-0.2, -0.15) is 13.8 Å². The molecule has 0 aliphatic heterocycles. The lowest BCUT2D eigenvalue weighted by molar-refractivity contribution is 0.256. The predicted molar refractivity (Wildman–Crippen MR) is 90.8 cm³/mol. The molecule has 8 heteroatoms. The Balaban J connectivity index is 1.91. The normalized spacial score (nSPS) is 10.5. The predicted octanol–water partition coefficient (Wildman–Crippen LogP) is 4.79. The molecule has 0 bridgehead atoms. The third kappa shape index (κ3) is 4.00. The third-order valence-electron chi connectivity index (χ3n) is 3.31. The van der Waals surface area contributed by atoms with Crippen molar-refractivity contribution in [3.05, 3.63) is 71.0 Å². The molecule has 0 radical (unpaired) electrons. The standard InChI is InChI=1S/C18H13ClF2N2O3/c1-24-16-14(20)17(25-10-11-5-3-2-4-6-11)23-18(15(16)21)26-12-7-8-22-13(19)9-12/h2-9H,10H2,1H3. The fourth-order valence-electron chi connectivity index (χ4n) is 2.11. The molecule has 26 heavy (non-hydrogen) atoms. The first kappa shape index (κ1) is 17.9. The third-order valence-corrected chi connectivity index (χ3v) is 3.52. The zero-order valence-corrected chi connectivity index (χ0v) is 14.3. The number of rotatable bonds is 6. The Morgan fingerprint density at radius 1 is 1.04 bits per heavy atom. The van der Waals surface area contributed by atoms with Gasteiger partial charge in [0.15, 0.2) is 0 Å². The van der Waals surface area contributed by atoms with E-state index >= 15 is 0 Å². The van der Waals surface area contributed by atoms with E-state index in [1.54, 1.807) is 12.1 Å². The minimum Gasteiger partial charge on any atom is -0.491 e. The minimum absolute atomic E-state index is 0.0417. The van der Waals surface area contributed by atoms with Gasteiger partial charge in [0.25, 0.3) is 11.8 Å². The van der Waals surface area contributed by atoms with Crippen LogP contribution in [0.25, 0.3) is 0 Å². The molecule has 3 aromatic rings. The van der Waals surface area contributed by atoms with E-state index < -0.39 is 29.1 Å². The van der Waals surface area contributed by atoms with Crippen molar-refractivity contribution in [1.82, 2.24) is 9.97 Å². The van der Waals surface area contributed by atoms with Gasteiger partial charge in [-0.3, -0.25) is 0 Å². The Bertz CT molecular complexity index is 910. The molecule has 0 aliphatic carbocycles. The van der Waals surface area contributed by atoms with Gasteiger partial charge in [-0.05, 0) is 11.6 Å². The number of ether oxygens (including phenoxy) is 3. The molecule has 0 N–H and O–H groups in total. The fraction of sp³-hybridized carbons (Fsp3) is 0.111. The Kier molecular flexibility index (Phi) is 5.48. The van der Waals surface area contributed by atoms with Crippen molar-refractivity contribution >= 4 is 11.6 Å². The van der Waals surface area contributed by atoms with Gasteiger partial charge >= 0.3 is 0 Å². The van der Waals surface area contributed by atoms with Crippen LogP contribution >= 0.6 is 11.6 Å². The summed E-state index contributed by atoms with van der Waals surface area (Å²) >= 11 is 5.77. The summed E-state index contributed by atoms with van der Waals surface area (Å²) in [7, 11) is 1.13. The van der Waals surface area contributed by atoms with Crippen molar-refractivity contribution in [2.24, 2.45) is 0 Å². The first-order chi connectivity index (χ1) is 12.6. The summed E-state index contributed by atoms with van der Waals surface area (Å²) in [5.41, 5.74) is 0.792. The van der Waals surface area contributed by atoms with E-state index in [1.807, 2.05) is 18.2 Å². The molecular formula is C18H13ClF2N2O3. The van der Waals surface area contributed by atoms with Gasteiger partial charge in [-0.1, -0.05) is 41.9 Å². The van der Waals surface area contributed by atoms with Crippen LogP contribution in [0.1, 0.15) is 5.56 Å². The van der Waals surface area contributed by atoms with E-state index in [1.165, 1.54) is 18.3 Å². The molecular weight excluding hydrogens is 366 g/mol. The maximum atomic E-state index is 14.4. The highest BCUT2D eigenvalue weighted by molar-refractivity contribution is 6.29. The van der Waals surface area contributed by atoms with Crippen LogP contribution in [0.4, 0.5) is 8.78 Å². The second-order valence-corrected chi connectivity index (χ2v) is 5.46. The van der Waals surface area contributed by atoms with E-state index in [2.05, 4.69) is 9.97 Å². The highest BCUT2D eigenvalue weighted by Crippen LogP contribution is 2.36. The SMILES string of the molecule is COc1c(F)c(OCc2ccccc2)nc(Oc2ccnc(Cl)c2)c1F. The number of hydrogen-bond acceptors (Lipinski definition) is 5. The van der Waals surface area contributed by atoms with Crippen LogP contribution in [0.15, 0.2) is 48.7 Å². The highest BCUT2D eigenvalue weighted by atomic mass is 35.5. The van der Waals surface area contributed by atoms with Crippen LogP contribution in [0.2, 0.25) is 5.15 Å². The second-order valence-electron chi connectivity index (χ2n) is 5.07. The Labute approximate surface area is 153 Å². The van der Waals surface area contributed by atoms with Gasteiger partial charge in [-0.15, -0.1) is 0 Å². The number of methoxy groups -OCH3 is 1. The molecule has 3 rings (SSSR count). The Morgan fingerprint density at radius 3 is 2.46 bits per heavy atom. The van der Waals surface area contributed by atoms with Gasteiger partial charge in [-0.25, -0.2) is 4.98 Å². The number of aromatic nitrogens is 2. The number of nitrogens with zero attached hydrogens (tertiary/aromatic N) is 2. The molecule has 0 amide bonds. The van der Waals surface area contributed by atoms with Gasteiger partial charge in [0.05, 0.1) is 7.11 Å². The molecule has 0 unspecified atom stereocenters. The van der Waals surface area contributed by atoms with E-state index in [4.69, 9.17) is 25.8 Å². The molecule has 134 valence electrons. The quantitative estimate of drug-likeness (QED) is 0.577. The topological polar surface area (TPSA) is 53.5 Å². The van der Waals surface area contributed by atoms with Crippen molar-refractivity contribution in [2.75, 3.05) is 7.11 Å². The summed E-state index contributed by atoms with van der Waals surface area (Å²) in [5, 5.41) is 0.150. The van der Waals surface area contributed by atoms with Crippen molar-refractivity contribution in [1.29, 1.82) is 0 Å². The average molecular weight is 379 g/mol. The van der Waals surface area contributed by atoms with Crippen molar-refractivity contribution in [2.45, 2.75) is 6.61 Å². The summed E-state index contributed by atoms with van der Waals surface area (Å²) in [4.78, 5) is 7.58. The maximum absolute atomic E-state index is 14.4. The smallest absolute Gasteiger partial charge is 0.263 e. The van der Waals surface area contributed by atoms with Gasteiger partial charge in [0.1, 0.15) is 17.5 Å². The molecule has 0 saturated carbocycles. The number of benzene rings is 1. The maximum Gasteiger partial charge on any atom is 0.263 e. The van der Waals surface area contributed by atoms with Crippen LogP contribution in [-0.4, -0.2) is 17.1 Å². The van der Waals surface area contributed by atoms with Crippen LogP contribution in [0.5, 0.6) is 23.3 Å². The first-order valence-electron chi connectivity index (χ1n) is 7.47. The summed E-state index contributed by atoms with van der Waals surface area (Å²) in [6, 6.07) is 11.9. The lowest BCUT2D eigenvalue weighted by Gasteiger charge is -2.13. The lowest BCUT2D eigenvalue weighted by atomic mass is 10.2. The monoisotopic (exact) mass is 378 g/mol. The highest BCUT2D eigenvalue weighted by Gasteiger charge is 2.24. The van der Waals surface area contributed by atoms with Gasteiger partial charge in [0, 0.05) is 12.3 Å². The molecule has 1 aromatic carbocycles. The molecule has 2 heterocycles. The zero-order valence-electron chi connectivity index (χ0n) is 13.6. The van der Waals surface area contributed by atoms with Crippen molar-refractivity contribution in [3.63, 3.8) is 0 Å². The van der Waals surface area contributed by atoms with Gasteiger partial charge in [0.2, 0.25) is 17.4 Å². The first-order valence-corrected chi connectivity index (χ1v) is 7.85. The zero-order chi connectivity index (χ0) is 18.5. The second kappa shape index (κ2) is 7.97. The van der Waals surface area contributed by atoms with E-state index in [0.717, 1.165) is 12.7 Å². The molecule has 2 aromatic heterocycles. The Morgan fingerprint density at radius 2 is 1.77 bits per heavy atom. The van der Waals surface area contributed by atoms with E-state index in [9.17, 15) is 8.78 Å². The fourth-order valence-corrected chi connectivity index (χ4v) is 2.27. The summed E-state index contributed by atoms with van der Waals surface area (Å²) in [5.74, 6) is -3.57. The van der Waals surface area contributed by atoms with E-state index in [0.29, 0.717) is 0 Å². The summed E-state index contributed by atoms with van der Waals surface area (Å²) in [6.07, 6.45) is 1.38. The molecule has 0 aliphatic rings. The van der Waals surface area contributed by atoms with Crippen molar-refractivity contribution in [3.8, 4) is 23.3 Å². The van der Waals surface area contributed by atoms with Crippen LogP contribution in [-0.2, 0) is 6.61 Å². The number of hydrogen-bond donors (Lipinski definition) is 0. The number of halogens is 3. The number of pyridine rings is 2. The van der Waals surface area contributed by atoms with Crippen LogP contribution in [0.3, 0.4) is 0 Å². The summed E-state index contributed by atoms with van der Waals surface area (Å²) < 4.78 is 44.3. The largest absolute Gasteiger partial charge is 0.491 e. The Hall–Kier alpha value is -2.93. The lowest BCUT2D eigenvalue weighted by Crippen LogP contribution is -2.05. The van der Waals surface area contributed by atoms with E-state index in [-0.39, 0.29) is 17.5 Å².